The van der Waals surface area contributed by atoms with Crippen LogP contribution in [0.25, 0.3) is 5.70 Å². The normalized spacial score (nSPS) is 13.6. The van der Waals surface area contributed by atoms with E-state index in [1.165, 1.54) is 11.3 Å². The summed E-state index contributed by atoms with van der Waals surface area (Å²) in [7, 11) is -2.55. The Hall–Kier alpha value is -0.263. The Labute approximate surface area is 123 Å². The molecule has 0 fully saturated rings. The van der Waals surface area contributed by atoms with E-state index in [-0.39, 0.29) is 0 Å². The Morgan fingerprint density at radius 2 is 1.50 bits per heavy atom. The van der Waals surface area contributed by atoms with Gasteiger partial charge in [0.1, 0.15) is 0 Å². The number of nitrogens with zero attached hydrogens (tertiary/aromatic N) is 1. The third-order valence-corrected chi connectivity index (χ3v) is 10.0. The molecule has 18 heavy (non-hydrogen) atoms. The molecule has 0 saturated carbocycles. The van der Waals surface area contributed by atoms with Crippen molar-refractivity contribution in [2.24, 2.45) is 0 Å². The molecule has 0 unspecified atom stereocenters. The maximum atomic E-state index is 2.53. The fraction of sp³-hybridized carbons (Fsp3) is 0.429. The van der Waals surface area contributed by atoms with Gasteiger partial charge in [0.2, 0.25) is 0 Å². The third-order valence-electron chi connectivity index (χ3n) is 2.55. The van der Waals surface area contributed by atoms with Crippen LogP contribution >= 0.6 is 0 Å². The molecule has 0 aliphatic heterocycles. The van der Waals surface area contributed by atoms with Crippen molar-refractivity contribution in [3.05, 3.63) is 41.6 Å². The molecule has 1 nitrogen and oxygen atoms in total. The monoisotopic (exact) mass is 336 g/mol. The number of benzene rings is 1. The quantitative estimate of drug-likeness (QED) is 0.748. The molecule has 0 amide bonds. The van der Waals surface area contributed by atoms with Crippen molar-refractivity contribution in [2.45, 2.75) is 39.3 Å². The molecule has 0 aliphatic rings. The Bertz CT molecular complexity index is 416. The average molecular weight is 335 g/mol. The van der Waals surface area contributed by atoms with Crippen molar-refractivity contribution in [3.63, 3.8) is 0 Å². The fourth-order valence-electron chi connectivity index (χ4n) is 1.66. The van der Waals surface area contributed by atoms with Gasteiger partial charge in [-0.15, -0.1) is 0 Å². The van der Waals surface area contributed by atoms with Gasteiger partial charge in [0.15, 0.2) is 0 Å². The van der Waals surface area contributed by atoms with Crippen LogP contribution in [0.1, 0.15) is 5.56 Å². The number of hydrogen-bond acceptors (Lipinski definition) is 1. The van der Waals surface area contributed by atoms with Gasteiger partial charge in [-0.3, -0.25) is 0 Å². The molecule has 0 heterocycles. The van der Waals surface area contributed by atoms with Crippen LogP contribution in [-0.4, -0.2) is 36.6 Å². The summed E-state index contributed by atoms with van der Waals surface area (Å²) in [6, 6.07) is 10.8. The minimum atomic E-state index is -1.32. The van der Waals surface area contributed by atoms with E-state index in [4.69, 9.17) is 0 Å². The van der Waals surface area contributed by atoms with E-state index in [0.717, 1.165) is 0 Å². The van der Waals surface area contributed by atoms with E-state index < -0.39 is 16.3 Å². The summed E-state index contributed by atoms with van der Waals surface area (Å²) in [4.78, 5) is 0. The summed E-state index contributed by atoms with van der Waals surface area (Å²) >= 11 is 2.26. The molecule has 3 radical (unpaired) electrons. The van der Waals surface area contributed by atoms with Crippen LogP contribution < -0.4 is 0 Å². The molecule has 0 spiro atoms. The van der Waals surface area contributed by atoms with Crippen molar-refractivity contribution < 1.29 is 0 Å². The van der Waals surface area contributed by atoms with E-state index >= 15 is 0 Å². The van der Waals surface area contributed by atoms with E-state index in [9.17, 15) is 0 Å². The van der Waals surface area contributed by atoms with Crippen LogP contribution in [0.5, 0.6) is 0 Å². The standard InChI is InChI=1S/C14H24GeNSi2/c1-17(2,3)12-14(16(15)18(4,5)6)13-10-8-7-9-11-13/h7-12H,1-6H3/b14-12+. The van der Waals surface area contributed by atoms with E-state index in [1.54, 1.807) is 0 Å². The van der Waals surface area contributed by atoms with Gasteiger partial charge < -0.3 is 0 Å². The Balaban J connectivity index is 3.25. The molecular weight excluding hydrogens is 311 g/mol. The molecular formula is C14H24GeNSi2. The van der Waals surface area contributed by atoms with Gasteiger partial charge in [0.25, 0.3) is 0 Å². The summed E-state index contributed by atoms with van der Waals surface area (Å²) in [5.41, 5.74) is 5.31. The van der Waals surface area contributed by atoms with Gasteiger partial charge in [0.05, 0.1) is 0 Å². The predicted molar refractivity (Wildman–Crippen MR) is 88.7 cm³/mol. The van der Waals surface area contributed by atoms with Crippen LogP contribution in [0.2, 0.25) is 39.3 Å². The molecule has 0 atom stereocenters. The van der Waals surface area contributed by atoms with Crippen molar-refractivity contribution >= 4 is 38.7 Å². The molecule has 97 valence electrons. The average Bonchev–Trinajstić information content (AvgIpc) is 2.24. The van der Waals surface area contributed by atoms with Crippen LogP contribution in [0.3, 0.4) is 0 Å². The molecule has 0 aromatic heterocycles. The summed E-state index contributed by atoms with van der Waals surface area (Å²) in [5, 5.41) is 0. The zero-order chi connectivity index (χ0) is 14.0. The van der Waals surface area contributed by atoms with E-state index in [2.05, 4.69) is 95.6 Å². The second kappa shape index (κ2) is 5.80. The van der Waals surface area contributed by atoms with Crippen molar-refractivity contribution in [1.29, 1.82) is 0 Å². The second-order valence-corrected chi connectivity index (χ2v) is 18.5. The summed E-state index contributed by atoms with van der Waals surface area (Å²) < 4.78 is 2.53. The molecule has 0 bridgehead atoms. The molecule has 0 N–H and O–H groups in total. The van der Waals surface area contributed by atoms with Gasteiger partial charge in [-0.25, -0.2) is 0 Å². The first-order valence-corrected chi connectivity index (χ1v) is 14.4. The summed E-state index contributed by atoms with van der Waals surface area (Å²) in [5.74, 6) is 0. The SMILES string of the molecule is C[Si](C)(C)/C=C(\c1ccccc1)[N]([Ge])[Si](C)(C)C. The molecule has 4 heteroatoms. The van der Waals surface area contributed by atoms with Gasteiger partial charge in [-0.1, -0.05) is 0 Å². The van der Waals surface area contributed by atoms with Gasteiger partial charge >= 0.3 is 123 Å². The maximum absolute atomic E-state index is 2.53. The van der Waals surface area contributed by atoms with Crippen LogP contribution in [0.4, 0.5) is 0 Å². The fourth-order valence-corrected chi connectivity index (χ4v) is 4.50. The van der Waals surface area contributed by atoms with Crippen molar-refractivity contribution in [3.8, 4) is 0 Å². The van der Waals surface area contributed by atoms with Gasteiger partial charge in [-0.2, -0.15) is 0 Å². The van der Waals surface area contributed by atoms with Crippen LogP contribution in [0, 0.1) is 0 Å². The topological polar surface area (TPSA) is 3.24 Å². The Kier molecular flexibility index (Phi) is 5.09. The third kappa shape index (κ3) is 4.78. The first-order valence-electron chi connectivity index (χ1n) is 6.41. The number of rotatable bonds is 4. The Morgan fingerprint density at radius 1 is 1.00 bits per heavy atom. The molecule has 1 rings (SSSR count). The van der Waals surface area contributed by atoms with Crippen molar-refractivity contribution in [1.82, 2.24) is 3.52 Å². The summed E-state index contributed by atoms with van der Waals surface area (Å²) in [6.45, 7) is 14.4. The zero-order valence-electron chi connectivity index (χ0n) is 12.4. The number of hydrogen-bond donors (Lipinski definition) is 0. The van der Waals surface area contributed by atoms with Crippen LogP contribution in [0.15, 0.2) is 36.0 Å². The molecule has 0 aliphatic carbocycles. The Morgan fingerprint density at radius 3 is 1.89 bits per heavy atom. The van der Waals surface area contributed by atoms with E-state index in [0.29, 0.717) is 0 Å². The van der Waals surface area contributed by atoms with Crippen molar-refractivity contribution in [2.75, 3.05) is 0 Å². The van der Waals surface area contributed by atoms with Crippen LogP contribution in [-0.2, 0) is 0 Å². The first kappa shape index (κ1) is 15.8. The molecule has 0 saturated heterocycles. The van der Waals surface area contributed by atoms with Gasteiger partial charge in [-0.05, 0) is 0 Å². The minimum absolute atomic E-state index is 1.23. The predicted octanol–water partition coefficient (Wildman–Crippen LogP) is 4.13. The molecule has 1 aromatic carbocycles. The zero-order valence-corrected chi connectivity index (χ0v) is 16.5. The van der Waals surface area contributed by atoms with E-state index in [1.807, 2.05) is 0 Å². The molecule has 1 aromatic rings. The van der Waals surface area contributed by atoms with Gasteiger partial charge in [0, 0.05) is 0 Å². The summed E-state index contributed by atoms with van der Waals surface area (Å²) in [6.07, 6.45) is 0. The first-order chi connectivity index (χ1) is 8.11. The second-order valence-electron chi connectivity index (χ2n) is 6.77.